The molecule has 114 valence electrons. The zero-order chi connectivity index (χ0) is 15.4. The van der Waals surface area contributed by atoms with Gasteiger partial charge in [0.15, 0.2) is 0 Å². The first-order valence-corrected chi connectivity index (χ1v) is 8.03. The van der Waals surface area contributed by atoms with Gasteiger partial charge < -0.3 is 4.52 Å². The molecule has 0 heterocycles. The summed E-state index contributed by atoms with van der Waals surface area (Å²) in [5.41, 5.74) is 0.264. The van der Waals surface area contributed by atoms with E-state index in [1.165, 1.54) is 30.7 Å². The molecule has 20 heavy (non-hydrogen) atoms. The molecule has 1 aromatic rings. The van der Waals surface area contributed by atoms with Gasteiger partial charge in [-0.25, -0.2) is 4.57 Å². The number of nitrogens with zero attached hydrogens (tertiary/aromatic N) is 1. The predicted molar refractivity (Wildman–Crippen MR) is 79.3 cm³/mol. The van der Waals surface area contributed by atoms with Crippen molar-refractivity contribution in [3.05, 3.63) is 29.2 Å². The number of hydrogen-bond donors (Lipinski definition) is 0. The second kappa shape index (κ2) is 10.5. The predicted octanol–water partition coefficient (Wildman–Crippen LogP) is 5.06. The Balaban J connectivity index is 0.00000110. The highest BCUT2D eigenvalue weighted by Crippen LogP contribution is 2.49. The van der Waals surface area contributed by atoms with Crippen molar-refractivity contribution in [2.45, 2.75) is 34.1 Å². The van der Waals surface area contributed by atoms with Crippen LogP contribution < -0.4 is 4.52 Å². The minimum atomic E-state index is -3.57. The fourth-order valence-corrected chi connectivity index (χ4v) is 2.30. The highest BCUT2D eigenvalue weighted by molar-refractivity contribution is 7.48. The molecule has 7 heteroatoms. The van der Waals surface area contributed by atoms with Crippen LogP contribution >= 0.6 is 7.82 Å². The Morgan fingerprint density at radius 1 is 1.00 bits per heavy atom. The van der Waals surface area contributed by atoms with Crippen molar-refractivity contribution in [2.75, 3.05) is 13.2 Å². The number of benzene rings is 1. The molecule has 0 fully saturated rings. The van der Waals surface area contributed by atoms with Crippen LogP contribution in [0.25, 0.3) is 0 Å². The molecule has 1 aromatic carbocycles. The third-order valence-corrected chi connectivity index (χ3v) is 3.32. The molecule has 0 bridgehead atoms. The molecule has 0 spiro atoms. The van der Waals surface area contributed by atoms with Crippen LogP contribution in [0.3, 0.4) is 0 Å². The first kappa shape index (κ1) is 18.8. The van der Waals surface area contributed by atoms with E-state index in [2.05, 4.69) is 19.0 Å². The maximum Gasteiger partial charge on any atom is 0.530 e. The molecule has 0 aliphatic heterocycles. The smallest absolute Gasteiger partial charge is 0.404 e. The minimum Gasteiger partial charge on any atom is -0.404 e. The lowest BCUT2D eigenvalue weighted by Gasteiger charge is -2.16. The van der Waals surface area contributed by atoms with Gasteiger partial charge in [0.1, 0.15) is 11.4 Å². The quantitative estimate of drug-likeness (QED) is 0.520. The van der Waals surface area contributed by atoms with E-state index in [1.54, 1.807) is 13.8 Å². The topological polar surface area (TPSA) is 74.2 Å². The standard InChI is InChI=1S/C10H14NO5P.C3H8/c1-3-14-17(13,15-4-2)16-10-7-5-9(11-12)6-8-10;1-3-2/h5-8H,3-4H2,1-2H3;3H2,1-2H3. The SMILES string of the molecule is CCC.CCOP(=O)(OCC)Oc1ccc(N=O)cc1. The van der Waals surface area contributed by atoms with Crippen LogP contribution in [0.5, 0.6) is 5.75 Å². The van der Waals surface area contributed by atoms with Gasteiger partial charge in [-0.05, 0) is 43.3 Å². The second-order valence-corrected chi connectivity index (χ2v) is 5.26. The maximum absolute atomic E-state index is 12.0. The normalized spacial score (nSPS) is 10.4. The van der Waals surface area contributed by atoms with E-state index < -0.39 is 7.82 Å². The minimum absolute atomic E-state index is 0.214. The second-order valence-electron chi connectivity index (χ2n) is 3.67. The first-order valence-electron chi connectivity index (χ1n) is 6.57. The van der Waals surface area contributed by atoms with Crippen LogP contribution in [-0.4, -0.2) is 13.2 Å². The van der Waals surface area contributed by atoms with Crippen molar-refractivity contribution in [2.24, 2.45) is 5.18 Å². The van der Waals surface area contributed by atoms with E-state index in [-0.39, 0.29) is 18.9 Å². The summed E-state index contributed by atoms with van der Waals surface area (Å²) in [6, 6.07) is 5.85. The number of phosphoric acid groups is 1. The average molecular weight is 303 g/mol. The highest BCUT2D eigenvalue weighted by atomic mass is 31.2. The van der Waals surface area contributed by atoms with Gasteiger partial charge in [-0.2, -0.15) is 0 Å². The highest BCUT2D eigenvalue weighted by Gasteiger charge is 2.27. The molecule has 1 rings (SSSR count). The van der Waals surface area contributed by atoms with Gasteiger partial charge in [-0.15, -0.1) is 4.91 Å². The van der Waals surface area contributed by atoms with Crippen molar-refractivity contribution >= 4 is 13.5 Å². The third-order valence-electron chi connectivity index (χ3n) is 1.73. The number of hydrogen-bond acceptors (Lipinski definition) is 6. The Kier molecular flexibility index (Phi) is 9.90. The van der Waals surface area contributed by atoms with E-state index >= 15 is 0 Å². The number of phosphoric ester groups is 1. The van der Waals surface area contributed by atoms with E-state index in [9.17, 15) is 9.47 Å². The van der Waals surface area contributed by atoms with Crippen LogP contribution in [0.2, 0.25) is 0 Å². The van der Waals surface area contributed by atoms with Crippen molar-refractivity contribution < 1.29 is 18.1 Å². The van der Waals surface area contributed by atoms with Gasteiger partial charge in [0, 0.05) is 0 Å². The Bertz CT molecular complexity index is 411. The van der Waals surface area contributed by atoms with Gasteiger partial charge in [0.05, 0.1) is 13.2 Å². The van der Waals surface area contributed by atoms with Crippen LogP contribution in [0.4, 0.5) is 5.69 Å². The summed E-state index contributed by atoms with van der Waals surface area (Å²) in [4.78, 5) is 10.2. The molecule has 6 nitrogen and oxygen atoms in total. The summed E-state index contributed by atoms with van der Waals surface area (Å²) in [6.07, 6.45) is 1.25. The average Bonchev–Trinajstić information content (AvgIpc) is 2.41. The number of rotatable bonds is 7. The zero-order valence-electron chi connectivity index (χ0n) is 12.4. The Labute approximate surface area is 120 Å². The summed E-state index contributed by atoms with van der Waals surface area (Å²) in [5, 5.41) is 2.74. The lowest BCUT2D eigenvalue weighted by atomic mass is 10.3. The summed E-state index contributed by atoms with van der Waals surface area (Å²) in [5.74, 6) is 0.294. The molecule has 0 atom stereocenters. The lowest BCUT2D eigenvalue weighted by Crippen LogP contribution is -2.02. The van der Waals surface area contributed by atoms with E-state index in [0.29, 0.717) is 5.75 Å². The van der Waals surface area contributed by atoms with E-state index in [4.69, 9.17) is 13.6 Å². The molecule has 0 radical (unpaired) electrons. The Hall–Kier alpha value is -1.23. The van der Waals surface area contributed by atoms with Crippen LogP contribution in [-0.2, 0) is 13.6 Å². The van der Waals surface area contributed by atoms with Crippen molar-refractivity contribution in [3.8, 4) is 5.75 Å². The van der Waals surface area contributed by atoms with Crippen LogP contribution in [0, 0.1) is 4.91 Å². The summed E-state index contributed by atoms with van der Waals surface area (Å²) in [6.45, 7) is 8.05. The number of nitroso groups, excluding NO2 is 1. The maximum atomic E-state index is 12.0. The van der Waals surface area contributed by atoms with E-state index in [1.807, 2.05) is 0 Å². The lowest BCUT2D eigenvalue weighted by molar-refractivity contribution is 0.167. The first-order chi connectivity index (χ1) is 9.55. The molecule has 0 aliphatic carbocycles. The molecular weight excluding hydrogens is 281 g/mol. The van der Waals surface area contributed by atoms with Crippen LogP contribution in [0.15, 0.2) is 29.4 Å². The van der Waals surface area contributed by atoms with Crippen LogP contribution in [0.1, 0.15) is 34.1 Å². The molecule has 0 N–H and O–H groups in total. The largest absolute Gasteiger partial charge is 0.530 e. The molecule has 0 amide bonds. The summed E-state index contributed by atoms with van der Waals surface area (Å²) in [7, 11) is -3.57. The Morgan fingerprint density at radius 2 is 1.45 bits per heavy atom. The molecule has 0 unspecified atom stereocenters. The van der Waals surface area contributed by atoms with Gasteiger partial charge in [-0.3, -0.25) is 9.05 Å². The molecule has 0 aromatic heterocycles. The summed E-state index contributed by atoms with van der Waals surface area (Å²) < 4.78 is 27.0. The monoisotopic (exact) mass is 303 g/mol. The molecule has 0 saturated heterocycles. The molecule has 0 saturated carbocycles. The fraction of sp³-hybridized carbons (Fsp3) is 0.538. The van der Waals surface area contributed by atoms with E-state index in [0.717, 1.165) is 0 Å². The zero-order valence-corrected chi connectivity index (χ0v) is 13.3. The van der Waals surface area contributed by atoms with Gasteiger partial charge in [-0.1, -0.05) is 20.3 Å². The van der Waals surface area contributed by atoms with Gasteiger partial charge in [0.25, 0.3) is 0 Å². The molecular formula is C13H22NO5P. The van der Waals surface area contributed by atoms with Crippen molar-refractivity contribution in [1.82, 2.24) is 0 Å². The fourth-order valence-electron chi connectivity index (χ4n) is 1.10. The molecule has 0 aliphatic rings. The van der Waals surface area contributed by atoms with Crippen molar-refractivity contribution in [1.29, 1.82) is 0 Å². The van der Waals surface area contributed by atoms with Crippen molar-refractivity contribution in [3.63, 3.8) is 0 Å². The van der Waals surface area contributed by atoms with Gasteiger partial charge in [0.2, 0.25) is 0 Å². The summed E-state index contributed by atoms with van der Waals surface area (Å²) >= 11 is 0. The third kappa shape index (κ3) is 7.38. The Morgan fingerprint density at radius 3 is 1.80 bits per heavy atom. The van der Waals surface area contributed by atoms with Gasteiger partial charge >= 0.3 is 7.82 Å².